The Balaban J connectivity index is 2.06. The van der Waals surface area contributed by atoms with Crippen molar-refractivity contribution >= 4 is 38.9 Å². The quantitative estimate of drug-likeness (QED) is 0.717. The van der Waals surface area contributed by atoms with Gasteiger partial charge in [0.1, 0.15) is 5.75 Å². The number of amides is 1. The van der Waals surface area contributed by atoms with E-state index in [1.165, 1.54) is 44.3 Å². The second-order valence-electron chi connectivity index (χ2n) is 6.17. The number of anilines is 2. The molecular formula is C18H18ClF3N2O4S. The van der Waals surface area contributed by atoms with Crippen molar-refractivity contribution in [1.29, 1.82) is 0 Å². The summed E-state index contributed by atoms with van der Waals surface area (Å²) in [5.74, 6) is -0.386. The van der Waals surface area contributed by atoms with E-state index < -0.39 is 38.8 Å². The number of halogens is 4. The van der Waals surface area contributed by atoms with Crippen LogP contribution in [0.25, 0.3) is 0 Å². The molecule has 0 fully saturated rings. The predicted molar refractivity (Wildman–Crippen MR) is 105 cm³/mol. The molecule has 1 amide bonds. The number of hydrogen-bond acceptors (Lipinski definition) is 4. The van der Waals surface area contributed by atoms with Crippen molar-refractivity contribution in [3.8, 4) is 5.75 Å². The fourth-order valence-electron chi connectivity index (χ4n) is 2.25. The molecule has 0 saturated carbocycles. The number of hydrogen-bond donors (Lipinski definition) is 1. The number of carbonyl (C=O) groups excluding carboxylic acids is 1. The van der Waals surface area contributed by atoms with Crippen molar-refractivity contribution in [3.05, 3.63) is 53.1 Å². The SMILES string of the molecule is CC(Oc1ccc(N(C)S(C)(=O)=O)cc1)C(=O)Nc1ccc(Cl)c(C(F)(F)F)c1. The summed E-state index contributed by atoms with van der Waals surface area (Å²) >= 11 is 5.55. The van der Waals surface area contributed by atoms with Crippen molar-refractivity contribution in [2.45, 2.75) is 19.2 Å². The highest BCUT2D eigenvalue weighted by atomic mass is 35.5. The minimum Gasteiger partial charge on any atom is -0.481 e. The van der Waals surface area contributed by atoms with Crippen LogP contribution >= 0.6 is 11.6 Å². The van der Waals surface area contributed by atoms with E-state index in [1.54, 1.807) is 0 Å². The largest absolute Gasteiger partial charge is 0.481 e. The molecule has 0 spiro atoms. The van der Waals surface area contributed by atoms with Crippen LogP contribution in [0.15, 0.2) is 42.5 Å². The molecule has 0 aromatic heterocycles. The molecule has 158 valence electrons. The first-order chi connectivity index (χ1) is 13.3. The maximum Gasteiger partial charge on any atom is 0.417 e. The van der Waals surface area contributed by atoms with Gasteiger partial charge in [0, 0.05) is 12.7 Å². The van der Waals surface area contributed by atoms with Crippen LogP contribution in [-0.4, -0.2) is 33.7 Å². The van der Waals surface area contributed by atoms with Gasteiger partial charge in [-0.05, 0) is 49.4 Å². The van der Waals surface area contributed by atoms with E-state index in [-0.39, 0.29) is 11.4 Å². The Kier molecular flexibility index (Phi) is 6.69. The monoisotopic (exact) mass is 450 g/mol. The van der Waals surface area contributed by atoms with Gasteiger partial charge in [0.25, 0.3) is 5.91 Å². The molecule has 2 aromatic carbocycles. The number of rotatable bonds is 6. The summed E-state index contributed by atoms with van der Waals surface area (Å²) in [6.07, 6.45) is -4.62. The summed E-state index contributed by atoms with van der Waals surface area (Å²) in [4.78, 5) is 12.2. The Morgan fingerprint density at radius 3 is 2.28 bits per heavy atom. The van der Waals surface area contributed by atoms with Gasteiger partial charge in [0.15, 0.2) is 6.10 Å². The van der Waals surface area contributed by atoms with Gasteiger partial charge in [0.2, 0.25) is 10.0 Å². The predicted octanol–water partition coefficient (Wildman–Crippen LogP) is 4.16. The number of benzene rings is 2. The highest BCUT2D eigenvalue weighted by Crippen LogP contribution is 2.36. The molecule has 0 bridgehead atoms. The summed E-state index contributed by atoms with van der Waals surface area (Å²) in [7, 11) is -2.03. The van der Waals surface area contributed by atoms with E-state index in [4.69, 9.17) is 16.3 Å². The van der Waals surface area contributed by atoms with Crippen LogP contribution in [0.2, 0.25) is 5.02 Å². The van der Waals surface area contributed by atoms with Gasteiger partial charge in [-0.15, -0.1) is 0 Å². The fourth-order valence-corrected chi connectivity index (χ4v) is 2.98. The fraction of sp³-hybridized carbons (Fsp3) is 0.278. The molecule has 0 heterocycles. The molecule has 11 heteroatoms. The minimum atomic E-state index is -4.65. The van der Waals surface area contributed by atoms with Crippen LogP contribution in [0.4, 0.5) is 24.5 Å². The Hall–Kier alpha value is -2.46. The highest BCUT2D eigenvalue weighted by Gasteiger charge is 2.33. The van der Waals surface area contributed by atoms with E-state index in [2.05, 4.69) is 5.32 Å². The molecule has 1 unspecified atom stereocenters. The zero-order valence-electron chi connectivity index (χ0n) is 15.6. The Morgan fingerprint density at radius 2 is 1.76 bits per heavy atom. The molecule has 0 aliphatic carbocycles. The number of sulfonamides is 1. The maximum atomic E-state index is 12.9. The molecule has 1 atom stereocenters. The average Bonchev–Trinajstić information content (AvgIpc) is 2.61. The van der Waals surface area contributed by atoms with E-state index in [0.717, 1.165) is 22.7 Å². The molecule has 0 aliphatic rings. The van der Waals surface area contributed by atoms with E-state index in [0.29, 0.717) is 5.69 Å². The molecule has 0 aliphatic heterocycles. The molecule has 2 aromatic rings. The van der Waals surface area contributed by atoms with Crippen molar-refractivity contribution < 1.29 is 31.1 Å². The van der Waals surface area contributed by atoms with E-state index in [9.17, 15) is 26.4 Å². The molecule has 1 N–H and O–H groups in total. The maximum absolute atomic E-state index is 12.9. The average molecular weight is 451 g/mol. The Bertz CT molecular complexity index is 995. The van der Waals surface area contributed by atoms with Crippen LogP contribution < -0.4 is 14.4 Å². The van der Waals surface area contributed by atoms with Crippen molar-refractivity contribution in [3.63, 3.8) is 0 Å². The molecule has 29 heavy (non-hydrogen) atoms. The van der Waals surface area contributed by atoms with Gasteiger partial charge in [-0.3, -0.25) is 9.10 Å². The molecular weight excluding hydrogens is 433 g/mol. The Morgan fingerprint density at radius 1 is 1.17 bits per heavy atom. The topological polar surface area (TPSA) is 75.7 Å². The molecule has 0 radical (unpaired) electrons. The Labute approximate surface area is 171 Å². The minimum absolute atomic E-state index is 0.0766. The van der Waals surface area contributed by atoms with Gasteiger partial charge in [-0.2, -0.15) is 13.2 Å². The zero-order valence-corrected chi connectivity index (χ0v) is 17.2. The van der Waals surface area contributed by atoms with Crippen LogP contribution in [-0.2, 0) is 21.0 Å². The van der Waals surface area contributed by atoms with E-state index in [1.807, 2.05) is 0 Å². The second kappa shape index (κ2) is 8.50. The summed E-state index contributed by atoms with van der Waals surface area (Å²) < 4.78 is 68.3. The molecule has 0 saturated heterocycles. The summed E-state index contributed by atoms with van der Waals surface area (Å²) in [5, 5.41) is 1.87. The first-order valence-corrected chi connectivity index (χ1v) is 10.4. The first kappa shape index (κ1) is 22.8. The smallest absolute Gasteiger partial charge is 0.417 e. The number of alkyl halides is 3. The molecule has 6 nitrogen and oxygen atoms in total. The van der Waals surface area contributed by atoms with Crippen molar-refractivity contribution in [2.24, 2.45) is 0 Å². The highest BCUT2D eigenvalue weighted by molar-refractivity contribution is 7.92. The van der Waals surface area contributed by atoms with Crippen LogP contribution in [0.1, 0.15) is 12.5 Å². The summed E-state index contributed by atoms with van der Waals surface area (Å²) in [6, 6.07) is 8.98. The lowest BCUT2D eigenvalue weighted by Crippen LogP contribution is -2.30. The van der Waals surface area contributed by atoms with Gasteiger partial charge >= 0.3 is 6.18 Å². The third kappa shape index (κ3) is 6.01. The lowest BCUT2D eigenvalue weighted by Gasteiger charge is -2.18. The van der Waals surface area contributed by atoms with Gasteiger partial charge in [-0.1, -0.05) is 11.6 Å². The van der Waals surface area contributed by atoms with Crippen molar-refractivity contribution in [1.82, 2.24) is 0 Å². The normalized spacial score (nSPS) is 12.9. The third-order valence-corrected chi connectivity index (χ3v) is 5.45. The summed E-state index contributed by atoms with van der Waals surface area (Å²) in [6.45, 7) is 1.42. The lowest BCUT2D eigenvalue weighted by molar-refractivity contribution is -0.137. The lowest BCUT2D eigenvalue weighted by atomic mass is 10.2. The molecule has 2 rings (SSSR count). The van der Waals surface area contributed by atoms with E-state index >= 15 is 0 Å². The first-order valence-electron chi connectivity index (χ1n) is 8.17. The second-order valence-corrected chi connectivity index (χ2v) is 8.59. The third-order valence-electron chi connectivity index (χ3n) is 3.92. The number of ether oxygens (including phenoxy) is 1. The van der Waals surface area contributed by atoms with Crippen LogP contribution in [0.5, 0.6) is 5.75 Å². The summed E-state index contributed by atoms with van der Waals surface area (Å²) in [5.41, 5.74) is -0.735. The number of nitrogens with one attached hydrogen (secondary N) is 1. The number of nitrogens with zero attached hydrogens (tertiary/aromatic N) is 1. The number of carbonyl (C=O) groups is 1. The van der Waals surface area contributed by atoms with Gasteiger partial charge in [-0.25, -0.2) is 8.42 Å². The van der Waals surface area contributed by atoms with Gasteiger partial charge < -0.3 is 10.1 Å². The van der Waals surface area contributed by atoms with Crippen LogP contribution in [0, 0.1) is 0 Å². The van der Waals surface area contributed by atoms with Gasteiger partial charge in [0.05, 0.1) is 22.5 Å². The van der Waals surface area contributed by atoms with Crippen molar-refractivity contribution in [2.75, 3.05) is 22.9 Å². The zero-order chi connectivity index (χ0) is 22.0. The standard InChI is InChI=1S/C18H18ClF3N2O4S/c1-11(28-14-7-5-13(6-8-14)24(2)29(3,26)27)17(25)23-12-4-9-16(19)15(10-12)18(20,21)22/h4-11H,1-3H3,(H,23,25). The van der Waals surface area contributed by atoms with Crippen LogP contribution in [0.3, 0.4) is 0 Å².